The number of ether oxygens (including phenoxy) is 1. The molecule has 1 N–H and O–H groups in total. The number of hydrogen-bond donors (Lipinski definition) is 1. The molecule has 1 amide bonds. The van der Waals surface area contributed by atoms with E-state index in [-0.39, 0.29) is 17.8 Å². The molecule has 0 fully saturated rings. The van der Waals surface area contributed by atoms with Gasteiger partial charge in [-0.3, -0.25) is 4.79 Å². The van der Waals surface area contributed by atoms with Gasteiger partial charge in [0.25, 0.3) is 5.91 Å². The van der Waals surface area contributed by atoms with Crippen LogP contribution in [0.4, 0.5) is 4.39 Å². The highest BCUT2D eigenvalue weighted by Crippen LogP contribution is 2.29. The molecule has 182 valence electrons. The van der Waals surface area contributed by atoms with E-state index in [4.69, 9.17) is 4.74 Å². The van der Waals surface area contributed by atoms with Crippen LogP contribution in [-0.4, -0.2) is 26.7 Å². The van der Waals surface area contributed by atoms with Crippen LogP contribution in [0.2, 0.25) is 0 Å². The van der Waals surface area contributed by atoms with E-state index in [1.807, 2.05) is 57.2 Å². The van der Waals surface area contributed by atoms with Crippen LogP contribution in [0, 0.1) is 19.7 Å². The van der Waals surface area contributed by atoms with E-state index in [9.17, 15) is 9.18 Å². The number of carbonyl (C=O) groups excluding carboxylic acids is 1. The maximum absolute atomic E-state index is 13.3. The summed E-state index contributed by atoms with van der Waals surface area (Å²) in [5, 5.41) is 8.83. The Bertz CT molecular complexity index is 1530. The van der Waals surface area contributed by atoms with Gasteiger partial charge in [0.15, 0.2) is 5.01 Å². The Labute approximate surface area is 212 Å². The zero-order valence-electron chi connectivity index (χ0n) is 20.1. The van der Waals surface area contributed by atoms with Gasteiger partial charge in [-0.15, -0.1) is 11.3 Å². The first-order valence-corrected chi connectivity index (χ1v) is 12.4. The number of aryl methyl sites for hydroxylation is 2. The van der Waals surface area contributed by atoms with Crippen LogP contribution in [0.1, 0.15) is 38.8 Å². The van der Waals surface area contributed by atoms with Crippen LogP contribution >= 0.6 is 11.3 Å². The van der Waals surface area contributed by atoms with Crippen molar-refractivity contribution in [1.29, 1.82) is 0 Å². The zero-order chi connectivity index (χ0) is 25.2. The standard InChI is InChI=1S/C28H25FN4O2S/c1-17-5-4-6-20(13-17)26(19(3)32-27(34)28-30-15-18(2)36-28)35-24-11-12-25-21(14-24)16-31-33(25)23-9-7-22(29)8-10-23/h4-16,19,26H,1-3H3,(H,32,34)/t19-,26+/m0/s1. The Hall–Kier alpha value is -4.04. The van der Waals surface area contributed by atoms with Gasteiger partial charge in [0.2, 0.25) is 0 Å². The molecule has 3 aromatic carbocycles. The fourth-order valence-electron chi connectivity index (χ4n) is 4.13. The number of nitrogens with one attached hydrogen (secondary N) is 1. The molecule has 0 saturated carbocycles. The van der Waals surface area contributed by atoms with E-state index < -0.39 is 6.10 Å². The SMILES string of the molecule is Cc1cccc([C@H](Oc2ccc3c(cnn3-c3ccc(F)cc3)c2)[C@H](C)NC(=O)c2ncc(C)s2)c1. The summed E-state index contributed by atoms with van der Waals surface area (Å²) >= 11 is 1.36. The number of benzene rings is 3. The molecule has 6 nitrogen and oxygen atoms in total. The number of carbonyl (C=O) groups is 1. The van der Waals surface area contributed by atoms with Gasteiger partial charge in [-0.05, 0) is 68.8 Å². The third-order valence-corrected chi connectivity index (χ3v) is 6.78. The summed E-state index contributed by atoms with van der Waals surface area (Å²) in [6.07, 6.45) is 3.02. The molecular formula is C28H25FN4O2S. The van der Waals surface area contributed by atoms with Gasteiger partial charge in [0.05, 0.1) is 23.4 Å². The number of hydrogen-bond acceptors (Lipinski definition) is 5. The molecule has 0 spiro atoms. The summed E-state index contributed by atoms with van der Waals surface area (Å²) in [6.45, 7) is 5.87. The first-order valence-electron chi connectivity index (χ1n) is 11.6. The molecule has 0 radical (unpaired) electrons. The topological polar surface area (TPSA) is 69.0 Å². The molecular weight excluding hydrogens is 475 g/mol. The fraction of sp³-hybridized carbons (Fsp3) is 0.179. The van der Waals surface area contributed by atoms with Crippen molar-refractivity contribution in [1.82, 2.24) is 20.1 Å². The largest absolute Gasteiger partial charge is 0.484 e. The predicted octanol–water partition coefficient (Wildman–Crippen LogP) is 6.18. The molecule has 0 unspecified atom stereocenters. The van der Waals surface area contributed by atoms with Crippen molar-refractivity contribution < 1.29 is 13.9 Å². The molecule has 2 aromatic heterocycles. The molecule has 0 aliphatic rings. The second-order valence-electron chi connectivity index (χ2n) is 8.74. The zero-order valence-corrected chi connectivity index (χ0v) is 20.9. The van der Waals surface area contributed by atoms with Crippen molar-refractivity contribution in [2.45, 2.75) is 32.9 Å². The monoisotopic (exact) mass is 500 g/mol. The van der Waals surface area contributed by atoms with E-state index >= 15 is 0 Å². The van der Waals surface area contributed by atoms with E-state index in [2.05, 4.69) is 21.5 Å². The number of rotatable bonds is 7. The van der Waals surface area contributed by atoms with Gasteiger partial charge < -0.3 is 10.1 Å². The third kappa shape index (κ3) is 4.99. The number of nitrogens with zero attached hydrogens (tertiary/aromatic N) is 3. The lowest BCUT2D eigenvalue weighted by Gasteiger charge is -2.26. The number of amides is 1. The maximum atomic E-state index is 13.3. The molecule has 5 aromatic rings. The Morgan fingerprint density at radius 3 is 2.58 bits per heavy atom. The Balaban J connectivity index is 1.43. The predicted molar refractivity (Wildman–Crippen MR) is 139 cm³/mol. The number of fused-ring (bicyclic) bond motifs is 1. The van der Waals surface area contributed by atoms with E-state index in [1.54, 1.807) is 29.2 Å². The van der Waals surface area contributed by atoms with Crippen LogP contribution in [0.15, 0.2) is 79.1 Å². The molecule has 0 bridgehead atoms. The summed E-state index contributed by atoms with van der Waals surface area (Å²) in [5.41, 5.74) is 3.71. The van der Waals surface area contributed by atoms with Crippen molar-refractivity contribution in [2.24, 2.45) is 0 Å². The van der Waals surface area contributed by atoms with Crippen molar-refractivity contribution in [3.05, 3.63) is 106 Å². The number of thiazole rings is 1. The van der Waals surface area contributed by atoms with Crippen molar-refractivity contribution in [2.75, 3.05) is 0 Å². The number of halogens is 1. The minimum Gasteiger partial charge on any atom is -0.484 e. The molecule has 36 heavy (non-hydrogen) atoms. The third-order valence-electron chi connectivity index (χ3n) is 5.87. The quantitative estimate of drug-likeness (QED) is 0.290. The van der Waals surface area contributed by atoms with E-state index in [1.165, 1.54) is 23.5 Å². The Morgan fingerprint density at radius 1 is 1.06 bits per heavy atom. The lowest BCUT2D eigenvalue weighted by Crippen LogP contribution is -2.39. The summed E-state index contributed by atoms with van der Waals surface area (Å²) in [5.74, 6) is 0.135. The second-order valence-corrected chi connectivity index (χ2v) is 9.98. The van der Waals surface area contributed by atoms with Crippen molar-refractivity contribution >= 4 is 28.1 Å². The minimum atomic E-state index is -0.431. The summed E-state index contributed by atoms with van der Waals surface area (Å²) in [7, 11) is 0. The first-order chi connectivity index (χ1) is 17.4. The van der Waals surface area contributed by atoms with Gasteiger partial charge in [0.1, 0.15) is 17.7 Å². The molecule has 0 saturated heterocycles. The van der Waals surface area contributed by atoms with Crippen LogP contribution in [0.25, 0.3) is 16.6 Å². The highest BCUT2D eigenvalue weighted by atomic mass is 32.1. The van der Waals surface area contributed by atoms with Gasteiger partial charge in [0, 0.05) is 16.5 Å². The van der Waals surface area contributed by atoms with Crippen molar-refractivity contribution in [3.8, 4) is 11.4 Å². The van der Waals surface area contributed by atoms with Crippen LogP contribution < -0.4 is 10.1 Å². The summed E-state index contributed by atoms with van der Waals surface area (Å²) < 4.78 is 21.6. The Kier molecular flexibility index (Phi) is 6.52. The van der Waals surface area contributed by atoms with Gasteiger partial charge >= 0.3 is 0 Å². The van der Waals surface area contributed by atoms with E-state index in [0.717, 1.165) is 32.6 Å². The average Bonchev–Trinajstić information content (AvgIpc) is 3.49. The normalized spacial score (nSPS) is 12.9. The smallest absolute Gasteiger partial charge is 0.280 e. The average molecular weight is 501 g/mol. The van der Waals surface area contributed by atoms with Gasteiger partial charge in [-0.1, -0.05) is 29.8 Å². The lowest BCUT2D eigenvalue weighted by atomic mass is 10.0. The molecule has 0 aliphatic carbocycles. The molecule has 2 atom stereocenters. The Morgan fingerprint density at radius 2 is 1.86 bits per heavy atom. The summed E-state index contributed by atoms with van der Waals surface area (Å²) in [6, 6.07) is 19.7. The van der Waals surface area contributed by atoms with Crippen LogP contribution in [0.3, 0.4) is 0 Å². The highest BCUT2D eigenvalue weighted by molar-refractivity contribution is 7.13. The van der Waals surface area contributed by atoms with Crippen molar-refractivity contribution in [3.63, 3.8) is 0 Å². The highest BCUT2D eigenvalue weighted by Gasteiger charge is 2.25. The van der Waals surface area contributed by atoms with Crippen LogP contribution in [-0.2, 0) is 0 Å². The summed E-state index contributed by atoms with van der Waals surface area (Å²) in [4.78, 5) is 18.0. The minimum absolute atomic E-state index is 0.224. The molecule has 0 aliphatic heterocycles. The lowest BCUT2D eigenvalue weighted by molar-refractivity contribution is 0.0881. The van der Waals surface area contributed by atoms with Gasteiger partial charge in [-0.25, -0.2) is 14.1 Å². The van der Waals surface area contributed by atoms with Crippen LogP contribution in [0.5, 0.6) is 5.75 Å². The maximum Gasteiger partial charge on any atom is 0.280 e. The molecule has 2 heterocycles. The second kappa shape index (κ2) is 9.91. The molecule has 8 heteroatoms. The number of aromatic nitrogens is 3. The molecule has 5 rings (SSSR count). The van der Waals surface area contributed by atoms with E-state index in [0.29, 0.717) is 10.8 Å². The first kappa shape index (κ1) is 23.7. The fourth-order valence-corrected chi connectivity index (χ4v) is 4.80. The van der Waals surface area contributed by atoms with Gasteiger partial charge in [-0.2, -0.15) is 5.10 Å².